The number of esters is 1. The van der Waals surface area contributed by atoms with Crippen LogP contribution in [0.1, 0.15) is 38.6 Å². The lowest BCUT2D eigenvalue weighted by molar-refractivity contribution is 0.0604. The van der Waals surface area contributed by atoms with Crippen LogP contribution in [0.4, 0.5) is 5.13 Å². The summed E-state index contributed by atoms with van der Waals surface area (Å²) in [5.74, 6) is 0.448. The second kappa shape index (κ2) is 8.50. The van der Waals surface area contributed by atoms with Gasteiger partial charge in [-0.25, -0.2) is 9.78 Å². The van der Waals surface area contributed by atoms with Gasteiger partial charge in [0.1, 0.15) is 23.0 Å². The van der Waals surface area contributed by atoms with Crippen molar-refractivity contribution in [2.75, 3.05) is 12.4 Å². The van der Waals surface area contributed by atoms with E-state index in [-0.39, 0.29) is 12.4 Å². The summed E-state index contributed by atoms with van der Waals surface area (Å²) in [6, 6.07) is 12.6. The molecule has 7 nitrogen and oxygen atoms in total. The van der Waals surface area contributed by atoms with Crippen LogP contribution in [0.15, 0.2) is 46.9 Å². The predicted molar refractivity (Wildman–Crippen MR) is 100 cm³/mol. The van der Waals surface area contributed by atoms with E-state index < -0.39 is 11.9 Å². The third kappa shape index (κ3) is 4.53. The molecule has 0 saturated heterocycles. The van der Waals surface area contributed by atoms with Crippen molar-refractivity contribution in [2.45, 2.75) is 20.0 Å². The van der Waals surface area contributed by atoms with Crippen LogP contribution in [-0.2, 0) is 17.8 Å². The fourth-order valence-electron chi connectivity index (χ4n) is 2.30. The van der Waals surface area contributed by atoms with Crippen LogP contribution in [-0.4, -0.2) is 24.0 Å². The van der Waals surface area contributed by atoms with Crippen LogP contribution >= 0.6 is 11.3 Å². The third-order valence-electron chi connectivity index (χ3n) is 3.63. The Bertz CT molecular complexity index is 933. The van der Waals surface area contributed by atoms with E-state index in [0.29, 0.717) is 33.6 Å². The SMILES string of the molecule is CCc1nc(NC(=O)c2ccc(COc3ccccc3)o2)sc1C(=O)OC. The van der Waals surface area contributed by atoms with Crippen LogP contribution in [0.5, 0.6) is 5.75 Å². The molecule has 1 N–H and O–H groups in total. The molecule has 1 amide bonds. The molecular weight excluding hydrogens is 368 g/mol. The first-order valence-electron chi connectivity index (χ1n) is 8.26. The number of benzene rings is 1. The molecule has 0 bridgehead atoms. The first-order chi connectivity index (χ1) is 13.1. The minimum atomic E-state index is -0.469. The van der Waals surface area contributed by atoms with Gasteiger partial charge in [-0.05, 0) is 30.7 Å². The van der Waals surface area contributed by atoms with Gasteiger partial charge in [0.15, 0.2) is 10.9 Å². The highest BCUT2D eigenvalue weighted by atomic mass is 32.1. The van der Waals surface area contributed by atoms with Crippen molar-refractivity contribution < 1.29 is 23.5 Å². The maximum Gasteiger partial charge on any atom is 0.350 e. The third-order valence-corrected chi connectivity index (χ3v) is 4.63. The first-order valence-corrected chi connectivity index (χ1v) is 9.08. The fourth-order valence-corrected chi connectivity index (χ4v) is 3.27. The quantitative estimate of drug-likeness (QED) is 0.619. The van der Waals surface area contributed by atoms with Gasteiger partial charge in [0.2, 0.25) is 0 Å². The maximum absolute atomic E-state index is 12.4. The van der Waals surface area contributed by atoms with Crippen LogP contribution in [0.3, 0.4) is 0 Å². The molecule has 2 aromatic heterocycles. The van der Waals surface area contributed by atoms with Gasteiger partial charge in [0.05, 0.1) is 12.8 Å². The van der Waals surface area contributed by atoms with Gasteiger partial charge in [-0.15, -0.1) is 0 Å². The van der Waals surface area contributed by atoms with Crippen molar-refractivity contribution in [3.05, 3.63) is 64.6 Å². The zero-order valence-corrected chi connectivity index (χ0v) is 15.7. The summed E-state index contributed by atoms with van der Waals surface area (Å²) >= 11 is 1.07. The molecule has 0 aliphatic heterocycles. The number of amides is 1. The molecule has 0 aliphatic carbocycles. The molecule has 8 heteroatoms. The number of aryl methyl sites for hydroxylation is 1. The summed E-state index contributed by atoms with van der Waals surface area (Å²) in [6.07, 6.45) is 0.554. The first kappa shape index (κ1) is 18.7. The molecule has 140 valence electrons. The number of anilines is 1. The minimum absolute atomic E-state index is 0.134. The fraction of sp³-hybridized carbons (Fsp3) is 0.211. The van der Waals surface area contributed by atoms with Gasteiger partial charge < -0.3 is 13.9 Å². The van der Waals surface area contributed by atoms with Crippen LogP contribution in [0.25, 0.3) is 0 Å². The Kier molecular flexibility index (Phi) is 5.87. The van der Waals surface area contributed by atoms with Crippen LogP contribution in [0.2, 0.25) is 0 Å². The number of methoxy groups -OCH3 is 1. The van der Waals surface area contributed by atoms with Gasteiger partial charge in [0.25, 0.3) is 5.91 Å². The molecule has 2 heterocycles. The van der Waals surface area contributed by atoms with Gasteiger partial charge in [-0.1, -0.05) is 36.5 Å². The molecule has 0 atom stereocenters. The summed E-state index contributed by atoms with van der Waals surface area (Å²) in [7, 11) is 1.31. The highest BCUT2D eigenvalue weighted by Crippen LogP contribution is 2.25. The number of carbonyl (C=O) groups is 2. The number of para-hydroxylation sites is 1. The lowest BCUT2D eigenvalue weighted by atomic mass is 10.3. The Morgan fingerprint density at radius 3 is 2.67 bits per heavy atom. The second-order valence-corrected chi connectivity index (χ2v) is 6.46. The number of hydrogen-bond acceptors (Lipinski definition) is 7. The molecule has 1 aromatic carbocycles. The minimum Gasteiger partial charge on any atom is -0.486 e. The monoisotopic (exact) mass is 386 g/mol. The predicted octanol–water partition coefficient (Wildman–Crippen LogP) is 3.92. The lowest BCUT2D eigenvalue weighted by Gasteiger charge is -2.03. The number of nitrogens with one attached hydrogen (secondary N) is 1. The van der Waals surface area contributed by atoms with Gasteiger partial charge in [-0.3, -0.25) is 10.1 Å². The van der Waals surface area contributed by atoms with E-state index in [1.165, 1.54) is 7.11 Å². The molecule has 0 aliphatic rings. The largest absolute Gasteiger partial charge is 0.486 e. The van der Waals surface area contributed by atoms with Crippen molar-refractivity contribution >= 4 is 28.3 Å². The Hall–Kier alpha value is -3.13. The maximum atomic E-state index is 12.4. The van der Waals surface area contributed by atoms with E-state index in [1.54, 1.807) is 12.1 Å². The lowest BCUT2D eigenvalue weighted by Crippen LogP contribution is -2.10. The van der Waals surface area contributed by atoms with E-state index in [1.807, 2.05) is 37.3 Å². The molecule has 0 spiro atoms. The number of furan rings is 1. The number of ether oxygens (including phenoxy) is 2. The van der Waals surface area contributed by atoms with Crippen molar-refractivity contribution in [3.8, 4) is 5.75 Å². The van der Waals surface area contributed by atoms with Crippen LogP contribution < -0.4 is 10.1 Å². The van der Waals surface area contributed by atoms with Gasteiger partial charge in [0, 0.05) is 0 Å². The number of carbonyl (C=O) groups excluding carboxylic acids is 2. The average Bonchev–Trinajstić information content (AvgIpc) is 3.33. The summed E-state index contributed by atoms with van der Waals surface area (Å²) in [6.45, 7) is 2.08. The summed E-state index contributed by atoms with van der Waals surface area (Å²) in [4.78, 5) is 28.8. The molecule has 0 unspecified atom stereocenters. The topological polar surface area (TPSA) is 90.7 Å². The molecular formula is C19H18N2O5S. The average molecular weight is 386 g/mol. The molecule has 0 saturated carbocycles. The number of thiazole rings is 1. The molecule has 0 fully saturated rings. The van der Waals surface area contributed by atoms with Crippen molar-refractivity contribution in [3.63, 3.8) is 0 Å². The standard InChI is InChI=1S/C19H18N2O5S/c1-3-14-16(18(23)24-2)27-19(20-14)21-17(22)15-10-9-13(26-15)11-25-12-7-5-4-6-8-12/h4-10H,3,11H2,1-2H3,(H,20,21,22). The number of aromatic nitrogens is 1. The zero-order valence-electron chi connectivity index (χ0n) is 14.9. The highest BCUT2D eigenvalue weighted by Gasteiger charge is 2.20. The van der Waals surface area contributed by atoms with Crippen molar-refractivity contribution in [1.29, 1.82) is 0 Å². The molecule has 27 heavy (non-hydrogen) atoms. The van der Waals surface area contributed by atoms with Crippen molar-refractivity contribution in [2.24, 2.45) is 0 Å². The smallest absolute Gasteiger partial charge is 0.350 e. The zero-order chi connectivity index (χ0) is 19.2. The summed E-state index contributed by atoms with van der Waals surface area (Å²) in [5, 5.41) is 2.96. The van der Waals surface area contributed by atoms with E-state index in [2.05, 4.69) is 10.3 Å². The van der Waals surface area contributed by atoms with Gasteiger partial charge >= 0.3 is 5.97 Å². The number of nitrogens with zero attached hydrogens (tertiary/aromatic N) is 1. The van der Waals surface area contributed by atoms with E-state index >= 15 is 0 Å². The van der Waals surface area contributed by atoms with E-state index in [9.17, 15) is 9.59 Å². The summed E-state index contributed by atoms with van der Waals surface area (Å²) < 4.78 is 15.8. The highest BCUT2D eigenvalue weighted by molar-refractivity contribution is 7.17. The van der Waals surface area contributed by atoms with Crippen molar-refractivity contribution in [1.82, 2.24) is 4.98 Å². The Morgan fingerprint density at radius 1 is 1.19 bits per heavy atom. The second-order valence-electron chi connectivity index (χ2n) is 5.46. The number of hydrogen-bond donors (Lipinski definition) is 1. The summed E-state index contributed by atoms with van der Waals surface area (Å²) in [5.41, 5.74) is 0.582. The Morgan fingerprint density at radius 2 is 1.96 bits per heavy atom. The Balaban J connectivity index is 1.64. The van der Waals surface area contributed by atoms with Gasteiger partial charge in [-0.2, -0.15) is 0 Å². The number of rotatable bonds is 7. The van der Waals surface area contributed by atoms with E-state index in [0.717, 1.165) is 11.3 Å². The Labute approximate surface area is 159 Å². The van der Waals surface area contributed by atoms with Crippen LogP contribution in [0, 0.1) is 0 Å². The molecule has 3 aromatic rings. The van der Waals surface area contributed by atoms with E-state index in [4.69, 9.17) is 13.9 Å². The molecule has 3 rings (SSSR count). The normalized spacial score (nSPS) is 10.4. The molecule has 0 radical (unpaired) electrons.